The van der Waals surface area contributed by atoms with Crippen molar-refractivity contribution in [2.75, 3.05) is 21.3 Å². The largest absolute Gasteiger partial charge is 0.493 e. The number of nitrogens with zero attached hydrogens (tertiary/aromatic N) is 3. The van der Waals surface area contributed by atoms with E-state index < -0.39 is 0 Å². The first-order valence-corrected chi connectivity index (χ1v) is 8.71. The third kappa shape index (κ3) is 3.20. The average molecular weight is 373 g/mol. The van der Waals surface area contributed by atoms with Crippen LogP contribution < -0.4 is 14.2 Å². The van der Waals surface area contributed by atoms with Gasteiger partial charge in [-0.05, 0) is 41.5 Å². The summed E-state index contributed by atoms with van der Waals surface area (Å²) in [4.78, 5) is 13.2. The van der Waals surface area contributed by atoms with Crippen LogP contribution in [0.5, 0.6) is 17.4 Å². The Morgan fingerprint density at radius 1 is 0.643 bits per heavy atom. The van der Waals surface area contributed by atoms with Gasteiger partial charge in [0.05, 0.1) is 32.5 Å². The molecule has 0 spiro atoms. The summed E-state index contributed by atoms with van der Waals surface area (Å²) < 4.78 is 15.9. The molecule has 0 fully saturated rings. The second-order valence-electron chi connectivity index (χ2n) is 6.11. The van der Waals surface area contributed by atoms with E-state index >= 15 is 0 Å². The monoisotopic (exact) mass is 373 g/mol. The number of aromatic nitrogens is 3. The molecule has 0 amide bonds. The Balaban J connectivity index is 1.84. The molecule has 0 N–H and O–H groups in total. The van der Waals surface area contributed by atoms with Crippen molar-refractivity contribution in [2.24, 2.45) is 0 Å². The molecule has 0 unspecified atom stereocenters. The first-order chi connectivity index (χ1) is 13.7. The molecule has 4 aromatic rings. The molecular formula is C22H19N3O3. The van der Waals surface area contributed by atoms with Crippen molar-refractivity contribution < 1.29 is 14.2 Å². The molecule has 6 nitrogen and oxygen atoms in total. The lowest BCUT2D eigenvalue weighted by Gasteiger charge is -2.11. The van der Waals surface area contributed by atoms with Gasteiger partial charge in [0.25, 0.3) is 0 Å². The molecule has 0 saturated heterocycles. The van der Waals surface area contributed by atoms with E-state index in [1.807, 2.05) is 42.5 Å². The molecule has 0 bridgehead atoms. The smallest absolute Gasteiger partial charge is 0.212 e. The summed E-state index contributed by atoms with van der Waals surface area (Å²) >= 11 is 0. The first-order valence-electron chi connectivity index (χ1n) is 8.71. The second kappa shape index (κ2) is 7.52. The summed E-state index contributed by atoms with van der Waals surface area (Å²) in [5.41, 5.74) is 4.64. The third-order valence-corrected chi connectivity index (χ3v) is 4.57. The van der Waals surface area contributed by atoms with Gasteiger partial charge in [-0.25, -0.2) is 15.0 Å². The van der Waals surface area contributed by atoms with Crippen molar-refractivity contribution in [1.82, 2.24) is 15.0 Å². The van der Waals surface area contributed by atoms with E-state index in [2.05, 4.69) is 21.0 Å². The Labute approximate surface area is 162 Å². The number of hydrogen-bond acceptors (Lipinski definition) is 6. The van der Waals surface area contributed by atoms with Crippen molar-refractivity contribution in [3.63, 3.8) is 0 Å². The van der Waals surface area contributed by atoms with Crippen LogP contribution in [0, 0.1) is 0 Å². The van der Waals surface area contributed by atoms with Crippen molar-refractivity contribution >= 4 is 10.9 Å². The predicted octanol–water partition coefficient (Wildman–Crippen LogP) is 4.38. The summed E-state index contributed by atoms with van der Waals surface area (Å²) in [7, 11) is 4.85. The van der Waals surface area contributed by atoms with Crippen LogP contribution in [0.15, 0.2) is 61.1 Å². The van der Waals surface area contributed by atoms with Crippen LogP contribution in [0.1, 0.15) is 0 Å². The molecule has 6 heteroatoms. The number of benzene rings is 2. The minimum Gasteiger partial charge on any atom is -0.493 e. The molecule has 0 aliphatic carbocycles. The van der Waals surface area contributed by atoms with E-state index in [0.29, 0.717) is 17.4 Å². The van der Waals surface area contributed by atoms with Crippen LogP contribution in [0.4, 0.5) is 0 Å². The Bertz CT molecular complexity index is 1130. The molecule has 0 aliphatic heterocycles. The van der Waals surface area contributed by atoms with Gasteiger partial charge in [-0.2, -0.15) is 0 Å². The highest BCUT2D eigenvalue weighted by Crippen LogP contribution is 2.34. The van der Waals surface area contributed by atoms with E-state index in [-0.39, 0.29) is 0 Å². The fourth-order valence-corrected chi connectivity index (χ4v) is 3.12. The summed E-state index contributed by atoms with van der Waals surface area (Å²) in [5, 5.41) is 0.946. The van der Waals surface area contributed by atoms with E-state index in [1.165, 1.54) is 0 Å². The molecule has 0 radical (unpaired) electrons. The van der Waals surface area contributed by atoms with Crippen LogP contribution in [0.25, 0.3) is 33.3 Å². The Morgan fingerprint density at radius 2 is 1.39 bits per heavy atom. The van der Waals surface area contributed by atoms with Gasteiger partial charge >= 0.3 is 0 Å². The lowest BCUT2D eigenvalue weighted by molar-refractivity contribution is 0.355. The minimum absolute atomic E-state index is 0.563. The van der Waals surface area contributed by atoms with Crippen LogP contribution >= 0.6 is 0 Å². The van der Waals surface area contributed by atoms with Crippen molar-refractivity contribution in [3.05, 3.63) is 61.1 Å². The van der Waals surface area contributed by atoms with Crippen molar-refractivity contribution in [2.45, 2.75) is 0 Å². The maximum absolute atomic E-state index is 5.43. The topological polar surface area (TPSA) is 66.4 Å². The van der Waals surface area contributed by atoms with Gasteiger partial charge in [-0.15, -0.1) is 0 Å². The van der Waals surface area contributed by atoms with E-state index in [1.54, 1.807) is 33.9 Å². The quantitative estimate of drug-likeness (QED) is 0.517. The molecular weight excluding hydrogens is 354 g/mol. The van der Waals surface area contributed by atoms with Crippen LogP contribution in [-0.2, 0) is 0 Å². The molecule has 0 saturated carbocycles. The zero-order valence-electron chi connectivity index (χ0n) is 15.8. The molecule has 2 aromatic carbocycles. The number of ether oxygens (including phenoxy) is 3. The molecule has 28 heavy (non-hydrogen) atoms. The van der Waals surface area contributed by atoms with Gasteiger partial charge in [0.15, 0.2) is 11.5 Å². The second-order valence-corrected chi connectivity index (χ2v) is 6.11. The van der Waals surface area contributed by atoms with Crippen LogP contribution in [0.2, 0.25) is 0 Å². The SMILES string of the molecule is COc1ccc(-c2ncnc3ccc(-c4ccc(OC)c(OC)c4)cc23)cn1. The number of rotatable bonds is 5. The highest BCUT2D eigenvalue weighted by molar-refractivity contribution is 5.95. The zero-order valence-corrected chi connectivity index (χ0v) is 15.8. The summed E-state index contributed by atoms with van der Waals surface area (Å²) in [5.74, 6) is 1.94. The van der Waals surface area contributed by atoms with Crippen molar-refractivity contribution in [3.8, 4) is 39.8 Å². The zero-order chi connectivity index (χ0) is 19.5. The van der Waals surface area contributed by atoms with E-state index in [9.17, 15) is 0 Å². The third-order valence-electron chi connectivity index (χ3n) is 4.57. The Kier molecular flexibility index (Phi) is 4.76. The van der Waals surface area contributed by atoms with Crippen LogP contribution in [-0.4, -0.2) is 36.3 Å². The highest BCUT2D eigenvalue weighted by atomic mass is 16.5. The Hall–Kier alpha value is -3.67. The van der Waals surface area contributed by atoms with Gasteiger partial charge in [-0.3, -0.25) is 0 Å². The standard InChI is InChI=1S/C22H19N3O3/c1-26-19-8-5-15(11-20(19)27-2)14-4-7-18-17(10-14)22(25-13-24-18)16-6-9-21(28-3)23-12-16/h4-13H,1-3H3. The van der Waals surface area contributed by atoms with E-state index in [0.717, 1.165) is 33.3 Å². The van der Waals surface area contributed by atoms with E-state index in [4.69, 9.17) is 14.2 Å². The summed E-state index contributed by atoms with van der Waals surface area (Å²) in [6, 6.07) is 15.7. The highest BCUT2D eigenvalue weighted by Gasteiger charge is 2.11. The van der Waals surface area contributed by atoms with Gasteiger partial charge in [0.2, 0.25) is 5.88 Å². The summed E-state index contributed by atoms with van der Waals surface area (Å²) in [6.07, 6.45) is 3.32. The van der Waals surface area contributed by atoms with Gasteiger partial charge in [0.1, 0.15) is 6.33 Å². The molecule has 2 heterocycles. The minimum atomic E-state index is 0.563. The van der Waals surface area contributed by atoms with Crippen LogP contribution in [0.3, 0.4) is 0 Å². The van der Waals surface area contributed by atoms with Crippen molar-refractivity contribution in [1.29, 1.82) is 0 Å². The maximum atomic E-state index is 5.43. The predicted molar refractivity (Wildman–Crippen MR) is 108 cm³/mol. The van der Waals surface area contributed by atoms with Gasteiger partial charge < -0.3 is 14.2 Å². The lowest BCUT2D eigenvalue weighted by Crippen LogP contribution is -1.93. The van der Waals surface area contributed by atoms with Gasteiger partial charge in [0, 0.05) is 23.2 Å². The molecule has 4 rings (SSSR count). The Morgan fingerprint density at radius 3 is 2.11 bits per heavy atom. The number of pyridine rings is 1. The summed E-state index contributed by atoms with van der Waals surface area (Å²) in [6.45, 7) is 0. The molecule has 0 aliphatic rings. The molecule has 0 atom stereocenters. The molecule has 2 aromatic heterocycles. The number of methoxy groups -OCH3 is 3. The van der Waals surface area contributed by atoms with Gasteiger partial charge in [-0.1, -0.05) is 12.1 Å². The number of fused-ring (bicyclic) bond motifs is 1. The average Bonchev–Trinajstić information content (AvgIpc) is 2.78. The fourth-order valence-electron chi connectivity index (χ4n) is 3.12. The number of hydrogen-bond donors (Lipinski definition) is 0. The normalized spacial score (nSPS) is 10.7. The first kappa shape index (κ1) is 17.7. The maximum Gasteiger partial charge on any atom is 0.212 e. The fraction of sp³-hybridized carbons (Fsp3) is 0.136. The lowest BCUT2D eigenvalue weighted by atomic mass is 10.0. The molecule has 140 valence electrons.